The number of carbonyl (C=O) groups is 2. The standard InChI is InChI=1S/C27H30N2O4S/c1-17(2)19-9-12-21(13-10-19)28-26(30)18(3)34-23-8-6-7-22(16-23)29-27(31)20-11-14-24(32-4)25(15-20)33-5/h6-18H,1-5H3,(H,28,30)(H,29,31). The number of anilines is 2. The lowest BCUT2D eigenvalue weighted by Crippen LogP contribution is -2.22. The molecule has 0 aliphatic rings. The molecule has 0 aliphatic carbocycles. The van der Waals surface area contributed by atoms with Gasteiger partial charge in [0.1, 0.15) is 0 Å². The molecule has 0 bridgehead atoms. The van der Waals surface area contributed by atoms with E-state index in [1.165, 1.54) is 24.4 Å². The minimum absolute atomic E-state index is 0.0814. The second kappa shape index (κ2) is 11.6. The van der Waals surface area contributed by atoms with Crippen LogP contribution in [-0.2, 0) is 4.79 Å². The van der Waals surface area contributed by atoms with E-state index in [9.17, 15) is 9.59 Å². The molecular weight excluding hydrogens is 448 g/mol. The molecular formula is C27H30N2O4S. The van der Waals surface area contributed by atoms with E-state index in [1.807, 2.05) is 55.5 Å². The van der Waals surface area contributed by atoms with Crippen molar-refractivity contribution in [1.82, 2.24) is 0 Å². The highest BCUT2D eigenvalue weighted by Gasteiger charge is 2.16. The summed E-state index contributed by atoms with van der Waals surface area (Å²) in [6.45, 7) is 6.13. The molecule has 0 aromatic heterocycles. The zero-order chi connectivity index (χ0) is 24.7. The number of hydrogen-bond acceptors (Lipinski definition) is 5. The summed E-state index contributed by atoms with van der Waals surface area (Å²) in [5.74, 6) is 1.14. The molecule has 0 radical (unpaired) electrons. The molecule has 2 amide bonds. The van der Waals surface area contributed by atoms with E-state index in [-0.39, 0.29) is 17.1 Å². The summed E-state index contributed by atoms with van der Waals surface area (Å²) < 4.78 is 10.5. The molecule has 0 aliphatic heterocycles. The highest BCUT2D eigenvalue weighted by Crippen LogP contribution is 2.29. The predicted octanol–water partition coefficient (Wildman–Crippen LogP) is 6.20. The molecule has 3 aromatic rings. The highest BCUT2D eigenvalue weighted by atomic mass is 32.2. The van der Waals surface area contributed by atoms with Gasteiger partial charge in [0, 0.05) is 21.8 Å². The smallest absolute Gasteiger partial charge is 0.255 e. The molecule has 0 heterocycles. The molecule has 3 rings (SSSR count). The van der Waals surface area contributed by atoms with Crippen molar-refractivity contribution < 1.29 is 19.1 Å². The molecule has 3 aromatic carbocycles. The number of methoxy groups -OCH3 is 2. The van der Waals surface area contributed by atoms with Crippen molar-refractivity contribution >= 4 is 35.0 Å². The number of rotatable bonds is 9. The quantitative estimate of drug-likeness (QED) is 0.358. The first-order chi connectivity index (χ1) is 16.3. The molecule has 0 saturated carbocycles. The monoisotopic (exact) mass is 478 g/mol. The molecule has 7 heteroatoms. The van der Waals surface area contributed by atoms with Crippen LogP contribution in [0.15, 0.2) is 71.6 Å². The van der Waals surface area contributed by atoms with Gasteiger partial charge in [-0.1, -0.05) is 32.0 Å². The average molecular weight is 479 g/mol. The van der Waals surface area contributed by atoms with Gasteiger partial charge in [-0.15, -0.1) is 11.8 Å². The predicted molar refractivity (Wildman–Crippen MR) is 138 cm³/mol. The van der Waals surface area contributed by atoms with Gasteiger partial charge in [-0.3, -0.25) is 9.59 Å². The third-order valence-electron chi connectivity index (χ3n) is 5.26. The van der Waals surface area contributed by atoms with Crippen LogP contribution in [0.25, 0.3) is 0 Å². The van der Waals surface area contributed by atoms with Crippen LogP contribution < -0.4 is 20.1 Å². The van der Waals surface area contributed by atoms with E-state index in [0.29, 0.717) is 28.7 Å². The van der Waals surface area contributed by atoms with E-state index in [1.54, 1.807) is 25.3 Å². The summed E-state index contributed by atoms with van der Waals surface area (Å²) in [5.41, 5.74) is 3.10. The maximum absolute atomic E-state index is 12.7. The van der Waals surface area contributed by atoms with Gasteiger partial charge >= 0.3 is 0 Å². The summed E-state index contributed by atoms with van der Waals surface area (Å²) in [5, 5.41) is 5.54. The topological polar surface area (TPSA) is 76.7 Å². The Bertz CT molecular complexity index is 1150. The Labute approximate surface area is 205 Å². The summed E-state index contributed by atoms with van der Waals surface area (Å²) in [4.78, 5) is 26.3. The van der Waals surface area contributed by atoms with E-state index >= 15 is 0 Å². The van der Waals surface area contributed by atoms with Crippen LogP contribution in [0.1, 0.15) is 42.6 Å². The molecule has 0 fully saturated rings. The van der Waals surface area contributed by atoms with Crippen molar-refractivity contribution in [1.29, 1.82) is 0 Å². The van der Waals surface area contributed by atoms with Gasteiger partial charge in [0.25, 0.3) is 5.91 Å². The first kappa shape index (κ1) is 25.2. The normalized spacial score (nSPS) is 11.6. The summed E-state index contributed by atoms with van der Waals surface area (Å²) in [6.07, 6.45) is 0. The van der Waals surface area contributed by atoms with Crippen LogP contribution >= 0.6 is 11.8 Å². The molecule has 6 nitrogen and oxygen atoms in total. The van der Waals surface area contributed by atoms with Crippen molar-refractivity contribution in [2.24, 2.45) is 0 Å². The van der Waals surface area contributed by atoms with E-state index in [4.69, 9.17) is 9.47 Å². The maximum Gasteiger partial charge on any atom is 0.255 e. The number of amides is 2. The van der Waals surface area contributed by atoms with Gasteiger partial charge in [-0.05, 0) is 66.9 Å². The lowest BCUT2D eigenvalue weighted by Gasteiger charge is -2.14. The molecule has 178 valence electrons. The Balaban J connectivity index is 1.62. The van der Waals surface area contributed by atoms with Crippen molar-refractivity contribution in [3.8, 4) is 11.5 Å². The molecule has 1 unspecified atom stereocenters. The van der Waals surface area contributed by atoms with E-state index < -0.39 is 0 Å². The minimum atomic E-state index is -0.318. The first-order valence-electron chi connectivity index (χ1n) is 11.0. The lowest BCUT2D eigenvalue weighted by molar-refractivity contribution is -0.115. The Morgan fingerprint density at radius 2 is 1.50 bits per heavy atom. The maximum atomic E-state index is 12.7. The fourth-order valence-electron chi connectivity index (χ4n) is 3.28. The summed E-state index contributed by atoms with van der Waals surface area (Å²) in [6, 6.07) is 20.3. The Hall–Kier alpha value is -3.45. The largest absolute Gasteiger partial charge is 0.493 e. The van der Waals surface area contributed by atoms with E-state index in [0.717, 1.165) is 10.6 Å². The van der Waals surface area contributed by atoms with Gasteiger partial charge < -0.3 is 20.1 Å². The zero-order valence-electron chi connectivity index (χ0n) is 20.0. The number of hydrogen-bond donors (Lipinski definition) is 2. The van der Waals surface area contributed by atoms with Gasteiger partial charge in [0.15, 0.2) is 11.5 Å². The first-order valence-corrected chi connectivity index (χ1v) is 11.9. The fourth-order valence-corrected chi connectivity index (χ4v) is 4.21. The molecule has 1 atom stereocenters. The summed E-state index contributed by atoms with van der Waals surface area (Å²) >= 11 is 1.43. The number of carbonyl (C=O) groups excluding carboxylic acids is 2. The molecule has 0 spiro atoms. The minimum Gasteiger partial charge on any atom is -0.493 e. The molecule has 34 heavy (non-hydrogen) atoms. The zero-order valence-corrected chi connectivity index (χ0v) is 20.9. The Morgan fingerprint density at radius 3 is 2.15 bits per heavy atom. The van der Waals surface area contributed by atoms with Crippen molar-refractivity contribution in [2.75, 3.05) is 24.9 Å². The van der Waals surface area contributed by atoms with Gasteiger partial charge in [-0.2, -0.15) is 0 Å². The second-order valence-electron chi connectivity index (χ2n) is 8.08. The van der Waals surface area contributed by atoms with Crippen LogP contribution in [0.2, 0.25) is 0 Å². The Morgan fingerprint density at radius 1 is 0.794 bits per heavy atom. The van der Waals surface area contributed by atoms with Crippen LogP contribution in [0.3, 0.4) is 0 Å². The highest BCUT2D eigenvalue weighted by molar-refractivity contribution is 8.00. The van der Waals surface area contributed by atoms with Gasteiger partial charge in [0.05, 0.1) is 19.5 Å². The van der Waals surface area contributed by atoms with E-state index in [2.05, 4.69) is 24.5 Å². The van der Waals surface area contributed by atoms with Gasteiger partial charge in [0.2, 0.25) is 5.91 Å². The summed E-state index contributed by atoms with van der Waals surface area (Å²) in [7, 11) is 3.07. The lowest BCUT2D eigenvalue weighted by atomic mass is 10.0. The third kappa shape index (κ3) is 6.54. The number of ether oxygens (including phenoxy) is 2. The number of nitrogens with one attached hydrogen (secondary N) is 2. The Kier molecular flexibility index (Phi) is 8.60. The van der Waals surface area contributed by atoms with Crippen LogP contribution in [-0.4, -0.2) is 31.3 Å². The average Bonchev–Trinajstić information content (AvgIpc) is 2.84. The number of thioether (sulfide) groups is 1. The third-order valence-corrected chi connectivity index (χ3v) is 6.36. The molecule has 2 N–H and O–H groups in total. The second-order valence-corrected chi connectivity index (χ2v) is 9.49. The van der Waals surface area contributed by atoms with Gasteiger partial charge in [-0.25, -0.2) is 0 Å². The van der Waals surface area contributed by atoms with Crippen molar-refractivity contribution in [3.05, 3.63) is 77.9 Å². The van der Waals surface area contributed by atoms with Crippen molar-refractivity contribution in [3.63, 3.8) is 0 Å². The number of benzene rings is 3. The SMILES string of the molecule is COc1ccc(C(=O)Nc2cccc(SC(C)C(=O)Nc3ccc(C(C)C)cc3)c2)cc1OC. The van der Waals surface area contributed by atoms with Crippen LogP contribution in [0, 0.1) is 0 Å². The van der Waals surface area contributed by atoms with Crippen LogP contribution in [0.5, 0.6) is 11.5 Å². The molecule has 0 saturated heterocycles. The fraction of sp³-hybridized carbons (Fsp3) is 0.259. The van der Waals surface area contributed by atoms with Crippen molar-refractivity contribution in [2.45, 2.75) is 36.8 Å². The van der Waals surface area contributed by atoms with Crippen LogP contribution in [0.4, 0.5) is 11.4 Å².